The van der Waals surface area contributed by atoms with Crippen LogP contribution in [0.3, 0.4) is 0 Å². The van der Waals surface area contributed by atoms with Crippen molar-refractivity contribution < 1.29 is 0 Å². The Balaban J connectivity index is 2.54. The molecule has 8 heteroatoms. The zero-order chi connectivity index (χ0) is 15.4. The van der Waals surface area contributed by atoms with Crippen LogP contribution in [0.25, 0.3) is 0 Å². The third-order valence-corrected chi connectivity index (χ3v) is 3.60. The van der Waals surface area contributed by atoms with Crippen molar-refractivity contribution in [1.82, 2.24) is 9.66 Å². The molecule has 1 heterocycles. The highest BCUT2D eigenvalue weighted by Crippen LogP contribution is 2.16. The number of nitrogen functional groups attached to an aromatic ring is 1. The van der Waals surface area contributed by atoms with Crippen molar-refractivity contribution in [3.8, 4) is 6.07 Å². The van der Waals surface area contributed by atoms with Crippen molar-refractivity contribution in [2.75, 3.05) is 12.0 Å². The summed E-state index contributed by atoms with van der Waals surface area (Å²) in [5.41, 5.74) is 5.63. The molecule has 2 N–H and O–H groups in total. The second kappa shape index (κ2) is 6.43. The molecule has 0 bridgehead atoms. The lowest BCUT2D eigenvalue weighted by molar-refractivity contribution is 0.789. The molecule has 2 aromatic rings. The van der Waals surface area contributed by atoms with Crippen molar-refractivity contribution in [2.45, 2.75) is 5.03 Å². The summed E-state index contributed by atoms with van der Waals surface area (Å²) >= 11 is 7.17. The van der Waals surface area contributed by atoms with Gasteiger partial charge in [-0.3, -0.25) is 4.79 Å². The number of nitrogens with zero attached hydrogens (tertiary/aromatic N) is 4. The van der Waals surface area contributed by atoms with Crippen molar-refractivity contribution in [2.24, 2.45) is 5.10 Å². The van der Waals surface area contributed by atoms with E-state index in [1.165, 1.54) is 18.0 Å². The van der Waals surface area contributed by atoms with Crippen molar-refractivity contribution in [3.05, 3.63) is 50.8 Å². The van der Waals surface area contributed by atoms with E-state index in [4.69, 9.17) is 22.6 Å². The number of halogens is 1. The van der Waals surface area contributed by atoms with Gasteiger partial charge in [-0.05, 0) is 12.3 Å². The monoisotopic (exact) mass is 319 g/mol. The van der Waals surface area contributed by atoms with Crippen molar-refractivity contribution >= 4 is 35.5 Å². The summed E-state index contributed by atoms with van der Waals surface area (Å²) in [6, 6.07) is 8.82. The molecule has 1 aromatic carbocycles. The van der Waals surface area contributed by atoms with Gasteiger partial charge in [0.25, 0.3) is 5.56 Å². The Morgan fingerprint density at radius 2 is 2.24 bits per heavy atom. The number of nitriles is 1. The van der Waals surface area contributed by atoms with Crippen LogP contribution < -0.4 is 11.3 Å². The molecular formula is C13H10ClN5OS. The first kappa shape index (κ1) is 15.1. The maximum atomic E-state index is 12.2. The average molecular weight is 320 g/mol. The van der Waals surface area contributed by atoms with Crippen LogP contribution in [0.5, 0.6) is 0 Å². The Kier molecular flexibility index (Phi) is 4.62. The largest absolute Gasteiger partial charge is 0.368 e. The Morgan fingerprint density at radius 1 is 1.52 bits per heavy atom. The fourth-order valence-electron chi connectivity index (χ4n) is 1.56. The van der Waals surface area contributed by atoms with Crippen LogP contribution in [0.15, 0.2) is 39.2 Å². The Labute approximate surface area is 129 Å². The van der Waals surface area contributed by atoms with E-state index in [9.17, 15) is 4.79 Å². The zero-order valence-electron chi connectivity index (χ0n) is 10.9. The van der Waals surface area contributed by atoms with Gasteiger partial charge in [0.15, 0.2) is 5.56 Å². The fourth-order valence-corrected chi connectivity index (χ4v) is 2.27. The summed E-state index contributed by atoms with van der Waals surface area (Å²) in [5, 5.41) is 13.8. The van der Waals surface area contributed by atoms with Crippen LogP contribution in [0.2, 0.25) is 5.02 Å². The van der Waals surface area contributed by atoms with E-state index in [0.29, 0.717) is 10.6 Å². The predicted octanol–water partition coefficient (Wildman–Crippen LogP) is 1.95. The number of nitrogens with two attached hydrogens (primary N) is 1. The summed E-state index contributed by atoms with van der Waals surface area (Å²) in [5.74, 6) is -0.0911. The molecule has 0 radical (unpaired) electrons. The van der Waals surface area contributed by atoms with E-state index in [0.717, 1.165) is 4.68 Å². The summed E-state index contributed by atoms with van der Waals surface area (Å²) in [6.07, 6.45) is 3.10. The van der Waals surface area contributed by atoms with Gasteiger partial charge in [-0.15, -0.1) is 11.8 Å². The molecule has 1 aromatic heterocycles. The normalized spacial score (nSPS) is 10.7. The number of aromatic nitrogens is 2. The lowest BCUT2D eigenvalue weighted by Crippen LogP contribution is -2.24. The van der Waals surface area contributed by atoms with E-state index in [2.05, 4.69) is 10.1 Å². The third-order valence-electron chi connectivity index (χ3n) is 2.58. The number of hydrogen-bond donors (Lipinski definition) is 1. The van der Waals surface area contributed by atoms with E-state index in [1.54, 1.807) is 30.5 Å². The van der Waals surface area contributed by atoms with Gasteiger partial charge in [-0.25, -0.2) is 4.98 Å². The molecule has 6 nitrogen and oxygen atoms in total. The van der Waals surface area contributed by atoms with Crippen LogP contribution in [-0.4, -0.2) is 22.1 Å². The Hall–Kier alpha value is -2.30. The first-order valence-electron chi connectivity index (χ1n) is 5.74. The van der Waals surface area contributed by atoms with Gasteiger partial charge in [0.1, 0.15) is 11.1 Å². The molecule has 0 amide bonds. The molecule has 21 heavy (non-hydrogen) atoms. The molecule has 0 aliphatic heterocycles. The smallest absolute Gasteiger partial charge is 0.294 e. The fraction of sp³-hybridized carbons (Fsp3) is 0.0769. The van der Waals surface area contributed by atoms with E-state index in [1.807, 2.05) is 6.07 Å². The molecule has 0 aliphatic carbocycles. The molecule has 0 spiro atoms. The second-order valence-electron chi connectivity index (χ2n) is 3.85. The van der Waals surface area contributed by atoms with Crippen LogP contribution in [0.1, 0.15) is 11.1 Å². The summed E-state index contributed by atoms with van der Waals surface area (Å²) in [6.45, 7) is 0. The molecule has 0 saturated carbocycles. The molecule has 0 unspecified atom stereocenters. The highest BCUT2D eigenvalue weighted by atomic mass is 35.5. The van der Waals surface area contributed by atoms with Gasteiger partial charge in [0.2, 0.25) is 5.95 Å². The second-order valence-corrected chi connectivity index (χ2v) is 5.05. The summed E-state index contributed by atoms with van der Waals surface area (Å²) in [4.78, 5) is 16.2. The van der Waals surface area contributed by atoms with Gasteiger partial charge >= 0.3 is 0 Å². The predicted molar refractivity (Wildman–Crippen MR) is 83.8 cm³/mol. The Bertz CT molecular complexity index is 809. The minimum Gasteiger partial charge on any atom is -0.368 e. The standard InChI is InChI=1S/C13H10ClN5OS/c1-21-11-9(6-15)12(20)19(13(16)18-11)17-7-8-4-2-3-5-10(8)14/h2-5,7H,1H3,(H2,16,18)/b17-7+. The number of thioether (sulfide) groups is 1. The maximum absolute atomic E-state index is 12.2. The molecule has 2 rings (SSSR count). The zero-order valence-corrected chi connectivity index (χ0v) is 12.5. The number of rotatable bonds is 3. The van der Waals surface area contributed by atoms with Gasteiger partial charge in [-0.1, -0.05) is 29.8 Å². The van der Waals surface area contributed by atoms with Gasteiger partial charge in [0, 0.05) is 10.6 Å². The minimum absolute atomic E-state index is 0.0898. The van der Waals surface area contributed by atoms with Crippen molar-refractivity contribution in [3.63, 3.8) is 0 Å². The minimum atomic E-state index is -0.613. The SMILES string of the molecule is CSc1nc(N)n(/N=C/c2ccccc2Cl)c(=O)c1C#N. The lowest BCUT2D eigenvalue weighted by atomic mass is 10.2. The summed E-state index contributed by atoms with van der Waals surface area (Å²) in [7, 11) is 0. The molecule has 0 saturated heterocycles. The topological polar surface area (TPSA) is 97.1 Å². The first-order chi connectivity index (χ1) is 10.1. The van der Waals surface area contributed by atoms with E-state index < -0.39 is 5.56 Å². The maximum Gasteiger partial charge on any atom is 0.294 e. The highest BCUT2D eigenvalue weighted by Gasteiger charge is 2.13. The average Bonchev–Trinajstić information content (AvgIpc) is 2.48. The van der Waals surface area contributed by atoms with Crippen molar-refractivity contribution in [1.29, 1.82) is 5.26 Å². The first-order valence-corrected chi connectivity index (χ1v) is 7.34. The molecule has 106 valence electrons. The molecule has 0 aliphatic rings. The number of benzene rings is 1. The quantitative estimate of drug-likeness (QED) is 0.530. The number of anilines is 1. The molecular weight excluding hydrogens is 310 g/mol. The van der Waals surface area contributed by atoms with E-state index in [-0.39, 0.29) is 16.5 Å². The van der Waals surface area contributed by atoms with Gasteiger partial charge in [-0.2, -0.15) is 15.0 Å². The Morgan fingerprint density at radius 3 is 2.86 bits per heavy atom. The van der Waals surface area contributed by atoms with Crippen LogP contribution >= 0.6 is 23.4 Å². The lowest BCUT2D eigenvalue weighted by Gasteiger charge is -2.05. The number of hydrogen-bond acceptors (Lipinski definition) is 6. The van der Waals surface area contributed by atoms with E-state index >= 15 is 0 Å². The summed E-state index contributed by atoms with van der Waals surface area (Å²) < 4.78 is 0.877. The van der Waals surface area contributed by atoms with Crippen LogP contribution in [0, 0.1) is 11.3 Å². The highest BCUT2D eigenvalue weighted by molar-refractivity contribution is 7.98. The van der Waals surface area contributed by atoms with Crippen LogP contribution in [0.4, 0.5) is 5.95 Å². The molecule has 0 fully saturated rings. The van der Waals surface area contributed by atoms with Crippen LogP contribution in [-0.2, 0) is 0 Å². The van der Waals surface area contributed by atoms with Gasteiger partial charge < -0.3 is 5.73 Å². The van der Waals surface area contributed by atoms with Gasteiger partial charge in [0.05, 0.1) is 6.21 Å². The molecule has 0 atom stereocenters. The third kappa shape index (κ3) is 3.07.